The number of piperidine rings is 3. The molecule has 4 heterocycles. The Morgan fingerprint density at radius 2 is 1.64 bits per heavy atom. The van der Waals surface area contributed by atoms with Crippen molar-refractivity contribution < 1.29 is 4.42 Å². The highest BCUT2D eigenvalue weighted by Gasteiger charge is 2.41. The van der Waals surface area contributed by atoms with E-state index in [1.54, 1.807) is 6.26 Å². The molecule has 1 aromatic heterocycles. The summed E-state index contributed by atoms with van der Waals surface area (Å²) in [5.74, 6) is 1.75. The van der Waals surface area contributed by atoms with Gasteiger partial charge in [0.1, 0.15) is 5.76 Å². The average molecular weight is 373 g/mol. The van der Waals surface area contributed by atoms with Crippen molar-refractivity contribution >= 4 is 0 Å². The van der Waals surface area contributed by atoms with Gasteiger partial charge < -0.3 is 9.73 Å². The molecule has 6 rings (SSSR count). The fourth-order valence-electron chi connectivity index (χ4n) is 5.03. The molecule has 3 aromatic rings. The van der Waals surface area contributed by atoms with Crippen molar-refractivity contribution in [1.82, 2.24) is 10.2 Å². The fourth-order valence-corrected chi connectivity index (χ4v) is 5.03. The van der Waals surface area contributed by atoms with Crippen molar-refractivity contribution in [2.45, 2.75) is 37.9 Å². The molecule has 2 aromatic carbocycles. The second-order valence-corrected chi connectivity index (χ2v) is 8.21. The summed E-state index contributed by atoms with van der Waals surface area (Å²) in [6.07, 6.45) is 5.51. The van der Waals surface area contributed by atoms with Crippen LogP contribution in [0.3, 0.4) is 0 Å². The number of hydrogen-bond acceptors (Lipinski definition) is 3. The molecule has 0 amide bonds. The summed E-state index contributed by atoms with van der Waals surface area (Å²) in [6.45, 7) is 3.47. The van der Waals surface area contributed by atoms with Crippen molar-refractivity contribution in [3.05, 3.63) is 84.1 Å². The highest BCUT2D eigenvalue weighted by Crippen LogP contribution is 2.34. The number of fused-ring (bicyclic) bond motifs is 3. The van der Waals surface area contributed by atoms with Crippen molar-refractivity contribution in [3.63, 3.8) is 0 Å². The minimum absolute atomic E-state index is 0.576. The summed E-state index contributed by atoms with van der Waals surface area (Å²) < 4.78 is 5.52. The Hall–Kier alpha value is -2.36. The van der Waals surface area contributed by atoms with Gasteiger partial charge in [0.25, 0.3) is 0 Å². The third-order valence-electron chi connectivity index (χ3n) is 6.55. The minimum Gasteiger partial charge on any atom is -0.464 e. The first kappa shape index (κ1) is 17.7. The molecule has 3 aliphatic heterocycles. The van der Waals surface area contributed by atoms with E-state index in [9.17, 15) is 0 Å². The highest BCUT2D eigenvalue weighted by atomic mass is 16.3. The Morgan fingerprint density at radius 1 is 0.857 bits per heavy atom. The summed E-state index contributed by atoms with van der Waals surface area (Å²) >= 11 is 0. The molecule has 0 radical (unpaired) electrons. The number of nitrogens with one attached hydrogen (secondary N) is 1. The molecule has 2 bridgehead atoms. The maximum Gasteiger partial charge on any atom is 0.133 e. The van der Waals surface area contributed by atoms with Crippen LogP contribution in [0.4, 0.5) is 0 Å². The molecule has 3 fully saturated rings. The second kappa shape index (κ2) is 7.94. The number of benzene rings is 2. The third-order valence-corrected chi connectivity index (χ3v) is 6.55. The van der Waals surface area contributed by atoms with E-state index in [1.165, 1.54) is 37.1 Å². The first-order chi connectivity index (χ1) is 13.9. The fraction of sp³-hybridized carbons (Fsp3) is 0.360. The topological polar surface area (TPSA) is 28.4 Å². The number of rotatable bonds is 6. The number of hydrogen-bond donors (Lipinski definition) is 1. The normalized spacial score (nSPS) is 26.4. The number of nitrogens with zero attached hydrogens (tertiary/aromatic N) is 1. The standard InChI is InChI=1S/C25H28N2O/c1-2-5-20(6-3-1)18-26-25-22-12-14-27(15-13-22)23(25)17-19-8-10-21(11-9-19)24-7-4-16-28-24/h1-11,16,22-23,25-26H,12-15,17-18H2. The lowest BCUT2D eigenvalue weighted by atomic mass is 9.76. The molecule has 0 saturated carbocycles. The Balaban J connectivity index is 1.30. The molecule has 3 heteroatoms. The molecule has 2 atom stereocenters. The Bertz CT molecular complexity index is 865. The predicted octanol–water partition coefficient (Wildman–Crippen LogP) is 4.74. The van der Waals surface area contributed by atoms with E-state index in [0.717, 1.165) is 30.2 Å². The van der Waals surface area contributed by atoms with Gasteiger partial charge in [-0.25, -0.2) is 0 Å². The van der Waals surface area contributed by atoms with Crippen molar-refractivity contribution in [1.29, 1.82) is 0 Å². The van der Waals surface area contributed by atoms with E-state index in [-0.39, 0.29) is 0 Å². The van der Waals surface area contributed by atoms with E-state index in [2.05, 4.69) is 64.8 Å². The van der Waals surface area contributed by atoms with Gasteiger partial charge in [-0.1, -0.05) is 54.6 Å². The van der Waals surface area contributed by atoms with Gasteiger partial charge in [-0.15, -0.1) is 0 Å². The summed E-state index contributed by atoms with van der Waals surface area (Å²) in [5.41, 5.74) is 3.94. The first-order valence-electron chi connectivity index (χ1n) is 10.5. The zero-order valence-electron chi connectivity index (χ0n) is 16.3. The Labute approximate surface area is 167 Å². The van der Waals surface area contributed by atoms with Crippen LogP contribution in [0.5, 0.6) is 0 Å². The maximum absolute atomic E-state index is 5.52. The van der Waals surface area contributed by atoms with Crippen molar-refractivity contribution in [2.75, 3.05) is 13.1 Å². The van der Waals surface area contributed by atoms with Crippen LogP contribution in [0.2, 0.25) is 0 Å². The second-order valence-electron chi connectivity index (χ2n) is 8.21. The quantitative estimate of drug-likeness (QED) is 0.677. The minimum atomic E-state index is 0.576. The van der Waals surface area contributed by atoms with Crippen LogP contribution in [0.25, 0.3) is 11.3 Å². The van der Waals surface area contributed by atoms with Crippen LogP contribution >= 0.6 is 0 Å². The van der Waals surface area contributed by atoms with E-state index in [0.29, 0.717) is 12.1 Å². The summed E-state index contributed by atoms with van der Waals surface area (Å²) in [4.78, 5) is 2.71. The average Bonchev–Trinajstić information content (AvgIpc) is 3.30. The van der Waals surface area contributed by atoms with Crippen LogP contribution < -0.4 is 5.32 Å². The lowest BCUT2D eigenvalue weighted by Gasteiger charge is -2.51. The van der Waals surface area contributed by atoms with E-state index >= 15 is 0 Å². The highest BCUT2D eigenvalue weighted by molar-refractivity contribution is 5.57. The summed E-state index contributed by atoms with van der Waals surface area (Å²) in [7, 11) is 0. The summed E-state index contributed by atoms with van der Waals surface area (Å²) in [6, 6.07) is 24.8. The van der Waals surface area contributed by atoms with E-state index in [1.807, 2.05) is 12.1 Å². The molecule has 1 N–H and O–H groups in total. The lowest BCUT2D eigenvalue weighted by molar-refractivity contribution is 0.0127. The van der Waals surface area contributed by atoms with Gasteiger partial charge in [-0.2, -0.15) is 0 Å². The van der Waals surface area contributed by atoms with Gasteiger partial charge in [0.05, 0.1) is 6.26 Å². The van der Waals surface area contributed by atoms with Crippen molar-refractivity contribution in [2.24, 2.45) is 5.92 Å². The molecule has 2 unspecified atom stereocenters. The van der Waals surface area contributed by atoms with Crippen LogP contribution in [0, 0.1) is 5.92 Å². The van der Waals surface area contributed by atoms with Gasteiger partial charge in [0.15, 0.2) is 0 Å². The summed E-state index contributed by atoms with van der Waals surface area (Å²) in [5, 5.41) is 3.92. The first-order valence-corrected chi connectivity index (χ1v) is 10.5. The Morgan fingerprint density at radius 3 is 2.36 bits per heavy atom. The van der Waals surface area contributed by atoms with Crippen molar-refractivity contribution in [3.8, 4) is 11.3 Å². The van der Waals surface area contributed by atoms with E-state index < -0.39 is 0 Å². The molecule has 0 aliphatic carbocycles. The van der Waals surface area contributed by atoms with Gasteiger partial charge in [0, 0.05) is 24.2 Å². The molecule has 3 nitrogen and oxygen atoms in total. The van der Waals surface area contributed by atoms with Crippen LogP contribution in [-0.2, 0) is 13.0 Å². The largest absolute Gasteiger partial charge is 0.464 e. The molecule has 3 saturated heterocycles. The Kier molecular flexibility index (Phi) is 5.03. The van der Waals surface area contributed by atoms with E-state index in [4.69, 9.17) is 4.42 Å². The van der Waals surface area contributed by atoms with Crippen LogP contribution in [0.15, 0.2) is 77.4 Å². The molecule has 28 heavy (non-hydrogen) atoms. The maximum atomic E-state index is 5.52. The number of furan rings is 1. The molecule has 3 aliphatic rings. The molecular formula is C25H28N2O. The zero-order valence-corrected chi connectivity index (χ0v) is 16.3. The third kappa shape index (κ3) is 3.65. The van der Waals surface area contributed by atoms with Gasteiger partial charge in [0.2, 0.25) is 0 Å². The smallest absolute Gasteiger partial charge is 0.133 e. The SMILES string of the molecule is c1ccc(CNC2C3CCN(CC3)C2Cc2ccc(-c3ccco3)cc2)cc1. The lowest BCUT2D eigenvalue weighted by Crippen LogP contribution is -2.63. The van der Waals surface area contributed by atoms with Gasteiger partial charge in [-0.05, 0) is 61.5 Å². The monoisotopic (exact) mass is 372 g/mol. The molecule has 144 valence electrons. The molecular weight excluding hydrogens is 344 g/mol. The van der Waals surface area contributed by atoms with Gasteiger partial charge >= 0.3 is 0 Å². The predicted molar refractivity (Wildman–Crippen MR) is 113 cm³/mol. The van der Waals surface area contributed by atoms with Crippen LogP contribution in [0.1, 0.15) is 24.0 Å². The zero-order chi connectivity index (χ0) is 18.8. The van der Waals surface area contributed by atoms with Gasteiger partial charge in [-0.3, -0.25) is 4.90 Å². The van der Waals surface area contributed by atoms with Crippen LogP contribution in [-0.4, -0.2) is 30.1 Å². The molecule has 0 spiro atoms.